The van der Waals surface area contributed by atoms with Gasteiger partial charge in [0.15, 0.2) is 0 Å². The Bertz CT molecular complexity index is 110. The zero-order valence-electron chi connectivity index (χ0n) is 9.55. The minimum Gasteiger partial charge on any atom is -1.00 e. The Labute approximate surface area is 115 Å². The van der Waals surface area contributed by atoms with E-state index in [-0.39, 0.29) is 46.0 Å². The Morgan fingerprint density at radius 3 is 2.07 bits per heavy atom. The van der Waals surface area contributed by atoms with Gasteiger partial charge < -0.3 is 29.0 Å². The summed E-state index contributed by atoms with van der Waals surface area (Å²) in [4.78, 5) is 10.3. The molecule has 0 aromatic carbocycles. The first-order chi connectivity index (χ1) is 5.68. The summed E-state index contributed by atoms with van der Waals surface area (Å²) in [5.41, 5.74) is 0. The van der Waals surface area contributed by atoms with Gasteiger partial charge >= 0.3 is 29.0 Å². The van der Waals surface area contributed by atoms with Crippen molar-refractivity contribution in [1.82, 2.24) is 0 Å². The van der Waals surface area contributed by atoms with Gasteiger partial charge in [0.2, 0.25) is 0 Å². The molecule has 0 aliphatic carbocycles. The molecule has 82 valence electrons. The number of carbonyl (C=O) groups is 1. The van der Waals surface area contributed by atoms with Crippen molar-refractivity contribution in [1.29, 1.82) is 0 Å². The molecule has 1 atom stereocenters. The van der Waals surface area contributed by atoms with Gasteiger partial charge in [-0.25, -0.2) is 0 Å². The second kappa shape index (κ2) is 19.3. The van der Waals surface area contributed by atoms with Gasteiger partial charge in [-0.05, 0) is 6.42 Å². The number of carboxylic acids is 1. The van der Waals surface area contributed by atoms with Crippen molar-refractivity contribution in [3.05, 3.63) is 6.92 Å². The van der Waals surface area contributed by atoms with Crippen LogP contribution in [0.15, 0.2) is 0 Å². The zero-order valence-corrected chi connectivity index (χ0v) is 12.6. The van der Waals surface area contributed by atoms with Crippen LogP contribution in [0.25, 0.3) is 0 Å². The third-order valence-corrected chi connectivity index (χ3v) is 1.66. The minimum absolute atomic E-state index is 0. The predicted octanol–water partition coefficient (Wildman–Crippen LogP) is -0.249. The number of carboxylic acid groups (broad SMARTS) is 1. The Morgan fingerprint density at radius 1 is 1.36 bits per heavy atom. The molecular weight excluding hydrogens is 256 g/mol. The van der Waals surface area contributed by atoms with Crippen LogP contribution in [0.2, 0.25) is 0 Å². The molecule has 0 spiro atoms. The van der Waals surface area contributed by atoms with Gasteiger partial charge in [-0.3, -0.25) is 4.79 Å². The summed E-state index contributed by atoms with van der Waals surface area (Å²) in [7, 11) is 0. The third kappa shape index (κ3) is 18.5. The molecule has 0 fully saturated rings. The van der Waals surface area contributed by atoms with E-state index < -0.39 is 5.97 Å². The third-order valence-electron chi connectivity index (χ3n) is 1.66. The fourth-order valence-electron chi connectivity index (χ4n) is 0.824. The summed E-state index contributed by atoms with van der Waals surface area (Å²) in [6.45, 7) is 8.88. The topological polar surface area (TPSA) is 37.3 Å². The fraction of sp³-hybridized carbons (Fsp3) is 0.800. The summed E-state index contributed by atoms with van der Waals surface area (Å²) in [6.07, 6.45) is 4.18. The van der Waals surface area contributed by atoms with Gasteiger partial charge in [0.25, 0.3) is 0 Å². The van der Waals surface area contributed by atoms with Crippen LogP contribution < -0.4 is 17.0 Å². The fourth-order valence-corrected chi connectivity index (χ4v) is 0.824. The van der Waals surface area contributed by atoms with Crippen LogP contribution >= 0.6 is 0 Å². The quantitative estimate of drug-likeness (QED) is 0.427. The zero-order chi connectivity index (χ0) is 9.98. The van der Waals surface area contributed by atoms with E-state index in [9.17, 15) is 4.79 Å². The van der Waals surface area contributed by atoms with Gasteiger partial charge in [0.1, 0.15) is 0 Å². The Hall–Kier alpha value is 0.716. The van der Waals surface area contributed by atoms with E-state index in [1.807, 2.05) is 0 Å². The van der Waals surface area contributed by atoms with E-state index in [1.54, 1.807) is 13.8 Å². The normalized spacial score (nSPS) is 9.71. The molecule has 0 heterocycles. The molecule has 14 heavy (non-hydrogen) atoms. The minimum atomic E-state index is -0.670. The Balaban J connectivity index is -0.000000117. The van der Waals surface area contributed by atoms with Crippen molar-refractivity contribution in [2.24, 2.45) is 5.92 Å². The van der Waals surface area contributed by atoms with Crippen molar-refractivity contribution in [3.63, 3.8) is 0 Å². The van der Waals surface area contributed by atoms with Crippen LogP contribution in [0.5, 0.6) is 0 Å². The molecule has 0 saturated heterocycles. The largest absolute Gasteiger partial charge is 2.00 e. The van der Waals surface area contributed by atoms with E-state index in [2.05, 4.69) is 13.8 Å². The van der Waals surface area contributed by atoms with Crippen molar-refractivity contribution >= 4 is 29.0 Å². The van der Waals surface area contributed by atoms with Gasteiger partial charge in [-0.15, -0.1) is 0 Å². The molecule has 0 saturated carbocycles. The van der Waals surface area contributed by atoms with Gasteiger partial charge in [-0.1, -0.05) is 33.1 Å². The molecule has 0 rings (SSSR count). The second-order valence-electron chi connectivity index (χ2n) is 2.74. The summed E-state index contributed by atoms with van der Waals surface area (Å²) < 4.78 is 0. The second-order valence-corrected chi connectivity index (χ2v) is 2.74. The van der Waals surface area contributed by atoms with Crippen LogP contribution in [0.4, 0.5) is 0 Å². The van der Waals surface area contributed by atoms with Crippen LogP contribution in [-0.2, 0) is 4.79 Å². The summed E-state index contributed by atoms with van der Waals surface area (Å²) in [5, 5.41) is 8.48. The Kier molecular flexibility index (Phi) is 33.3. The molecule has 0 amide bonds. The SMILES string of the molecule is CCCCCC(C)C(=O)O.[Br-].[CH2-]C.[Mg+2]. The van der Waals surface area contributed by atoms with Gasteiger partial charge in [-0.2, -0.15) is 6.92 Å². The molecule has 0 aliphatic heterocycles. The first-order valence-electron chi connectivity index (χ1n) is 4.62. The maximum absolute atomic E-state index is 10.3. The number of hydrogen-bond acceptors (Lipinski definition) is 1. The van der Waals surface area contributed by atoms with Gasteiger partial charge in [0, 0.05) is 0 Å². The summed E-state index contributed by atoms with van der Waals surface area (Å²) >= 11 is 0. The monoisotopic (exact) mass is 276 g/mol. The van der Waals surface area contributed by atoms with E-state index >= 15 is 0 Å². The molecule has 0 aromatic rings. The standard InChI is InChI=1S/C8H16O2.C2H5.BrH.Mg/c1-3-4-5-6-7(2)8(9)10;1-2;;/h7H,3-6H2,1-2H3,(H,9,10);1H2,2H3;1H;/q;-1;;+2/p-1. The molecule has 4 heteroatoms. The molecule has 0 aliphatic rings. The smallest absolute Gasteiger partial charge is 1.00 e. The van der Waals surface area contributed by atoms with Crippen LogP contribution in [0, 0.1) is 12.8 Å². The van der Waals surface area contributed by atoms with Crippen molar-refractivity contribution in [3.8, 4) is 0 Å². The van der Waals surface area contributed by atoms with Crippen LogP contribution in [0.3, 0.4) is 0 Å². The average molecular weight is 277 g/mol. The van der Waals surface area contributed by atoms with Crippen molar-refractivity contribution < 1.29 is 26.9 Å². The summed E-state index contributed by atoms with van der Waals surface area (Å²) in [6, 6.07) is 0. The molecule has 0 aromatic heterocycles. The van der Waals surface area contributed by atoms with Crippen LogP contribution in [-0.4, -0.2) is 34.1 Å². The number of halogens is 1. The molecule has 1 unspecified atom stereocenters. The molecule has 0 radical (unpaired) electrons. The molecular formula is C10H21BrMgO2. The number of hydrogen-bond donors (Lipinski definition) is 1. The van der Waals surface area contributed by atoms with E-state index in [0.29, 0.717) is 0 Å². The summed E-state index contributed by atoms with van der Waals surface area (Å²) in [5.74, 6) is -0.831. The Morgan fingerprint density at radius 2 is 1.79 bits per heavy atom. The van der Waals surface area contributed by atoms with E-state index in [0.717, 1.165) is 25.7 Å². The number of rotatable bonds is 5. The van der Waals surface area contributed by atoms with E-state index in [1.165, 1.54) is 0 Å². The number of aliphatic carboxylic acids is 1. The van der Waals surface area contributed by atoms with Crippen molar-refractivity contribution in [2.45, 2.75) is 46.5 Å². The average Bonchev–Trinajstić information content (AvgIpc) is 2.08. The van der Waals surface area contributed by atoms with Gasteiger partial charge in [0.05, 0.1) is 5.92 Å². The first kappa shape index (κ1) is 24.1. The molecule has 2 nitrogen and oxygen atoms in total. The molecule has 1 N–H and O–H groups in total. The first-order valence-corrected chi connectivity index (χ1v) is 4.62. The number of unbranched alkanes of at least 4 members (excludes halogenated alkanes) is 2. The van der Waals surface area contributed by atoms with Crippen LogP contribution in [0.1, 0.15) is 46.5 Å². The predicted molar refractivity (Wildman–Crippen MR) is 57.7 cm³/mol. The van der Waals surface area contributed by atoms with Crippen molar-refractivity contribution in [2.75, 3.05) is 0 Å². The maximum atomic E-state index is 10.3. The molecule has 0 bridgehead atoms. The van der Waals surface area contributed by atoms with E-state index in [4.69, 9.17) is 5.11 Å². The maximum Gasteiger partial charge on any atom is 2.00 e.